The number of benzene rings is 1. The third-order valence-electron chi connectivity index (χ3n) is 4.96. The van der Waals surface area contributed by atoms with Crippen LogP contribution in [0.15, 0.2) is 30.5 Å². The average molecular weight is 340 g/mol. The third-order valence-corrected chi connectivity index (χ3v) is 4.96. The summed E-state index contributed by atoms with van der Waals surface area (Å²) in [6, 6.07) is 8.65. The zero-order chi connectivity index (χ0) is 17.6. The van der Waals surface area contributed by atoms with Gasteiger partial charge in [-0.15, -0.1) is 0 Å². The van der Waals surface area contributed by atoms with E-state index in [0.29, 0.717) is 19.1 Å². The van der Waals surface area contributed by atoms with Crippen LogP contribution in [0.3, 0.4) is 0 Å². The highest BCUT2D eigenvalue weighted by Crippen LogP contribution is 2.31. The molecule has 1 aliphatic rings. The molecule has 0 aliphatic heterocycles. The minimum Gasteiger partial charge on any atom is -0.338 e. The molecule has 0 bridgehead atoms. The molecule has 1 aromatic carbocycles. The number of nitrogens with zero attached hydrogens (tertiary/aromatic N) is 2. The van der Waals surface area contributed by atoms with Crippen molar-refractivity contribution in [2.45, 2.75) is 58.5 Å². The standard InChI is InChI=1S/C20H28N4O/c1-15-7-9-17(10-8-15)14-23-20(25)21-12-11-19-22-13-16(2)24(19)18-5-3-4-6-18/h7-10,13,18H,3-6,11-12,14H2,1-2H3,(H2,21,23,25). The number of imidazole rings is 1. The number of rotatable bonds is 6. The van der Waals surface area contributed by atoms with Crippen LogP contribution < -0.4 is 10.6 Å². The van der Waals surface area contributed by atoms with Gasteiger partial charge in [0.05, 0.1) is 0 Å². The lowest BCUT2D eigenvalue weighted by molar-refractivity contribution is 0.240. The normalized spacial score (nSPS) is 14.6. The quantitative estimate of drug-likeness (QED) is 0.843. The number of carbonyl (C=O) groups is 1. The molecule has 0 unspecified atom stereocenters. The van der Waals surface area contributed by atoms with Crippen LogP contribution in [0.25, 0.3) is 0 Å². The predicted octanol–water partition coefficient (Wildman–Crippen LogP) is 3.66. The van der Waals surface area contributed by atoms with Crippen molar-refractivity contribution in [3.05, 3.63) is 53.1 Å². The molecule has 1 aromatic heterocycles. The summed E-state index contributed by atoms with van der Waals surface area (Å²) in [4.78, 5) is 16.5. The number of aryl methyl sites for hydroxylation is 2. The summed E-state index contributed by atoms with van der Waals surface area (Å²) >= 11 is 0. The van der Waals surface area contributed by atoms with E-state index in [9.17, 15) is 4.79 Å². The number of amides is 2. The fourth-order valence-corrected chi connectivity index (χ4v) is 3.58. The number of carbonyl (C=O) groups excluding carboxylic acids is 1. The number of nitrogens with one attached hydrogen (secondary N) is 2. The number of urea groups is 1. The average Bonchev–Trinajstić information content (AvgIpc) is 3.24. The molecule has 1 fully saturated rings. The van der Waals surface area contributed by atoms with Gasteiger partial charge in [-0.3, -0.25) is 0 Å². The van der Waals surface area contributed by atoms with Gasteiger partial charge in [0.25, 0.3) is 0 Å². The Kier molecular flexibility index (Phi) is 5.74. The molecule has 1 heterocycles. The van der Waals surface area contributed by atoms with Crippen LogP contribution in [-0.4, -0.2) is 22.1 Å². The monoisotopic (exact) mass is 340 g/mol. The van der Waals surface area contributed by atoms with E-state index in [4.69, 9.17) is 0 Å². The molecule has 25 heavy (non-hydrogen) atoms. The van der Waals surface area contributed by atoms with Crippen molar-refractivity contribution in [2.24, 2.45) is 0 Å². The molecule has 2 N–H and O–H groups in total. The Morgan fingerprint density at radius 1 is 1.16 bits per heavy atom. The number of hydrogen-bond donors (Lipinski definition) is 2. The Hall–Kier alpha value is -2.30. The van der Waals surface area contributed by atoms with Gasteiger partial charge in [-0.1, -0.05) is 42.7 Å². The number of aromatic nitrogens is 2. The van der Waals surface area contributed by atoms with Crippen LogP contribution in [0.2, 0.25) is 0 Å². The summed E-state index contributed by atoms with van der Waals surface area (Å²) in [6.45, 7) is 5.32. The van der Waals surface area contributed by atoms with Crippen molar-refractivity contribution in [3.63, 3.8) is 0 Å². The SMILES string of the molecule is Cc1ccc(CNC(=O)NCCc2ncc(C)n2C2CCCC2)cc1. The van der Waals surface area contributed by atoms with Crippen molar-refractivity contribution in [3.8, 4) is 0 Å². The summed E-state index contributed by atoms with van der Waals surface area (Å²) in [6.07, 6.45) is 7.82. The second-order valence-corrected chi connectivity index (χ2v) is 6.97. The highest BCUT2D eigenvalue weighted by Gasteiger charge is 2.21. The van der Waals surface area contributed by atoms with Crippen molar-refractivity contribution >= 4 is 6.03 Å². The Morgan fingerprint density at radius 3 is 2.60 bits per heavy atom. The van der Waals surface area contributed by atoms with Gasteiger partial charge in [-0.2, -0.15) is 0 Å². The molecule has 2 amide bonds. The van der Waals surface area contributed by atoms with Gasteiger partial charge < -0.3 is 15.2 Å². The van der Waals surface area contributed by atoms with Gasteiger partial charge in [-0.05, 0) is 32.3 Å². The van der Waals surface area contributed by atoms with E-state index in [0.717, 1.165) is 17.8 Å². The molecule has 5 heteroatoms. The van der Waals surface area contributed by atoms with E-state index in [1.807, 2.05) is 18.3 Å². The van der Waals surface area contributed by atoms with Gasteiger partial charge >= 0.3 is 6.03 Å². The lowest BCUT2D eigenvalue weighted by Gasteiger charge is -2.17. The lowest BCUT2D eigenvalue weighted by Crippen LogP contribution is -2.36. The van der Waals surface area contributed by atoms with E-state index in [1.54, 1.807) is 0 Å². The van der Waals surface area contributed by atoms with Crippen LogP contribution in [-0.2, 0) is 13.0 Å². The molecule has 1 aliphatic carbocycles. The summed E-state index contributed by atoms with van der Waals surface area (Å²) in [7, 11) is 0. The molecule has 134 valence electrons. The van der Waals surface area contributed by atoms with Crippen molar-refractivity contribution in [1.29, 1.82) is 0 Å². The van der Waals surface area contributed by atoms with E-state index < -0.39 is 0 Å². The Labute approximate surface area is 149 Å². The molecular formula is C20H28N4O. The Bertz CT molecular complexity index is 699. The summed E-state index contributed by atoms with van der Waals surface area (Å²) < 4.78 is 2.37. The van der Waals surface area contributed by atoms with E-state index in [1.165, 1.54) is 36.9 Å². The molecule has 0 radical (unpaired) electrons. The van der Waals surface area contributed by atoms with Gasteiger partial charge in [0.1, 0.15) is 5.82 Å². The maximum absolute atomic E-state index is 12.0. The highest BCUT2D eigenvalue weighted by atomic mass is 16.2. The van der Waals surface area contributed by atoms with Crippen LogP contribution in [0.5, 0.6) is 0 Å². The van der Waals surface area contributed by atoms with Crippen LogP contribution in [0.4, 0.5) is 4.79 Å². The molecule has 2 aromatic rings. The lowest BCUT2D eigenvalue weighted by atomic mass is 10.1. The summed E-state index contributed by atoms with van der Waals surface area (Å²) in [5, 5.41) is 5.84. The smallest absolute Gasteiger partial charge is 0.315 e. The van der Waals surface area contributed by atoms with E-state index >= 15 is 0 Å². The van der Waals surface area contributed by atoms with E-state index in [2.05, 4.69) is 46.2 Å². The predicted molar refractivity (Wildman–Crippen MR) is 99.6 cm³/mol. The zero-order valence-electron chi connectivity index (χ0n) is 15.2. The molecular weight excluding hydrogens is 312 g/mol. The topological polar surface area (TPSA) is 59.0 Å². The first-order valence-corrected chi connectivity index (χ1v) is 9.23. The third kappa shape index (κ3) is 4.62. The first-order valence-electron chi connectivity index (χ1n) is 9.23. The maximum atomic E-state index is 12.0. The Morgan fingerprint density at radius 2 is 1.88 bits per heavy atom. The fraction of sp³-hybridized carbons (Fsp3) is 0.500. The molecule has 5 nitrogen and oxygen atoms in total. The fourth-order valence-electron chi connectivity index (χ4n) is 3.58. The minimum absolute atomic E-state index is 0.128. The second kappa shape index (κ2) is 8.19. The van der Waals surface area contributed by atoms with Gasteiger partial charge in [-0.25, -0.2) is 9.78 Å². The highest BCUT2D eigenvalue weighted by molar-refractivity contribution is 5.73. The van der Waals surface area contributed by atoms with E-state index in [-0.39, 0.29) is 6.03 Å². The van der Waals surface area contributed by atoms with Crippen LogP contribution in [0.1, 0.15) is 54.4 Å². The second-order valence-electron chi connectivity index (χ2n) is 6.97. The first-order chi connectivity index (χ1) is 12.1. The van der Waals surface area contributed by atoms with Gasteiger partial charge in [0.15, 0.2) is 0 Å². The van der Waals surface area contributed by atoms with Crippen LogP contribution in [0, 0.1) is 13.8 Å². The molecule has 0 spiro atoms. The number of hydrogen-bond acceptors (Lipinski definition) is 2. The summed E-state index contributed by atoms with van der Waals surface area (Å²) in [5.74, 6) is 1.09. The first kappa shape index (κ1) is 17.5. The summed E-state index contributed by atoms with van der Waals surface area (Å²) in [5.41, 5.74) is 3.56. The Balaban J connectivity index is 1.45. The zero-order valence-corrected chi connectivity index (χ0v) is 15.2. The molecule has 0 saturated heterocycles. The van der Waals surface area contributed by atoms with Crippen molar-refractivity contribution in [1.82, 2.24) is 20.2 Å². The van der Waals surface area contributed by atoms with Crippen LogP contribution >= 0.6 is 0 Å². The molecule has 1 saturated carbocycles. The van der Waals surface area contributed by atoms with Crippen molar-refractivity contribution < 1.29 is 4.79 Å². The van der Waals surface area contributed by atoms with Gasteiger partial charge in [0, 0.05) is 37.4 Å². The molecule has 3 rings (SSSR count). The molecule has 0 atom stereocenters. The maximum Gasteiger partial charge on any atom is 0.315 e. The largest absolute Gasteiger partial charge is 0.338 e. The van der Waals surface area contributed by atoms with Gasteiger partial charge in [0.2, 0.25) is 0 Å². The minimum atomic E-state index is -0.128. The van der Waals surface area contributed by atoms with Crippen molar-refractivity contribution in [2.75, 3.05) is 6.54 Å².